The number of hydrogen-bond donors (Lipinski definition) is 0. The molecule has 0 aliphatic carbocycles. The van der Waals surface area contributed by atoms with Gasteiger partial charge in [-0.15, -0.1) is 0 Å². The maximum absolute atomic E-state index is 9.41. The third-order valence-electron chi connectivity index (χ3n) is 0.355. The predicted molar refractivity (Wildman–Crippen MR) is 35.7 cm³/mol. The van der Waals surface area contributed by atoms with Gasteiger partial charge in [-0.3, -0.25) is 0 Å². The van der Waals surface area contributed by atoms with Crippen molar-refractivity contribution in [1.82, 2.24) is 0 Å². The molecule has 0 fully saturated rings. The molecular formula is C4H8CaO7. The second-order valence-electron chi connectivity index (χ2n) is 0.971. The quantitative estimate of drug-likeness (QED) is 0.324. The van der Waals surface area contributed by atoms with Crippen LogP contribution < -0.4 is 10.2 Å². The van der Waals surface area contributed by atoms with Gasteiger partial charge in [0, 0.05) is 0 Å². The fourth-order valence-corrected chi connectivity index (χ4v) is 0.136. The second kappa shape index (κ2) is 17.1. The average Bonchev–Trinajstić information content (AvgIpc) is 1.61. The summed E-state index contributed by atoms with van der Waals surface area (Å²) in [6.45, 7) is 0. The Bertz CT molecular complexity index is 126. The van der Waals surface area contributed by atoms with Crippen LogP contribution in [0.1, 0.15) is 0 Å². The number of carbonyl (C=O) groups is 2. The molecule has 0 aliphatic rings. The van der Waals surface area contributed by atoms with Gasteiger partial charge in [0.2, 0.25) is 0 Å². The Labute approximate surface area is 97.6 Å². The van der Waals surface area contributed by atoms with Gasteiger partial charge in [-0.1, -0.05) is 0 Å². The zero-order chi connectivity index (χ0) is 6.57. The van der Waals surface area contributed by atoms with Crippen LogP contribution in [0.15, 0.2) is 12.2 Å². The van der Waals surface area contributed by atoms with E-state index in [0.29, 0.717) is 12.2 Å². The van der Waals surface area contributed by atoms with Gasteiger partial charge in [-0.2, -0.15) is 0 Å². The van der Waals surface area contributed by atoms with Gasteiger partial charge >= 0.3 is 37.7 Å². The Morgan fingerprint density at radius 3 is 1.08 bits per heavy atom. The van der Waals surface area contributed by atoms with Crippen LogP contribution in [0.4, 0.5) is 0 Å². The van der Waals surface area contributed by atoms with Crippen molar-refractivity contribution >= 4 is 49.7 Å². The first-order chi connectivity index (χ1) is 3.63. The van der Waals surface area contributed by atoms with Crippen LogP contribution in [0.25, 0.3) is 0 Å². The van der Waals surface area contributed by atoms with Gasteiger partial charge in [0.05, 0.1) is 11.9 Å². The zero-order valence-electron chi connectivity index (χ0n) is 5.99. The Hall–Kier alpha value is -0.180. The minimum absolute atomic E-state index is 0. The molecule has 0 radical (unpaired) electrons. The molecule has 0 unspecified atom stereocenters. The summed E-state index contributed by atoms with van der Waals surface area (Å²) in [7, 11) is 0. The van der Waals surface area contributed by atoms with Crippen molar-refractivity contribution in [2.45, 2.75) is 0 Å². The summed E-state index contributed by atoms with van der Waals surface area (Å²) in [5.41, 5.74) is 0. The molecule has 0 aromatic heterocycles. The van der Waals surface area contributed by atoms with Crippen LogP contribution in [-0.2, 0) is 9.59 Å². The van der Waals surface area contributed by atoms with E-state index in [1.165, 1.54) is 0 Å². The van der Waals surface area contributed by atoms with Crippen molar-refractivity contribution in [1.29, 1.82) is 0 Å². The van der Waals surface area contributed by atoms with E-state index < -0.39 is 11.9 Å². The smallest absolute Gasteiger partial charge is 0.545 e. The molecule has 0 aromatic carbocycles. The molecule has 8 heteroatoms. The van der Waals surface area contributed by atoms with Crippen LogP contribution in [0.5, 0.6) is 0 Å². The standard InChI is InChI=1S/C4H4O4.Ca.3H2O/c5-3(6)1-2-4(7)8;;;;/h1-2H,(H,5,6)(H,7,8);;3*1H2/q;+2;;;/p-2/b2-1-;;;;. The molecular weight excluding hydrogens is 200 g/mol. The molecule has 12 heavy (non-hydrogen) atoms. The van der Waals surface area contributed by atoms with E-state index in [1.54, 1.807) is 0 Å². The Morgan fingerprint density at radius 1 is 0.833 bits per heavy atom. The minimum Gasteiger partial charge on any atom is -0.545 e. The molecule has 0 aliphatic heterocycles. The molecule has 0 rings (SSSR count). The largest absolute Gasteiger partial charge is 2.00 e. The molecule has 6 N–H and O–H groups in total. The molecule has 7 nitrogen and oxygen atoms in total. The van der Waals surface area contributed by atoms with Crippen LogP contribution in [0, 0.1) is 0 Å². The first-order valence-electron chi connectivity index (χ1n) is 1.73. The summed E-state index contributed by atoms with van der Waals surface area (Å²) in [5.74, 6) is -3.09. The second-order valence-corrected chi connectivity index (χ2v) is 0.971. The molecule has 0 atom stereocenters. The number of hydrogen-bond acceptors (Lipinski definition) is 4. The van der Waals surface area contributed by atoms with Crippen molar-refractivity contribution in [3.8, 4) is 0 Å². The molecule has 68 valence electrons. The third kappa shape index (κ3) is 32.9. The molecule has 0 heterocycles. The summed E-state index contributed by atoms with van der Waals surface area (Å²) >= 11 is 0. The van der Waals surface area contributed by atoms with E-state index in [9.17, 15) is 19.8 Å². The normalized spacial score (nSPS) is 6.33. The van der Waals surface area contributed by atoms with Crippen molar-refractivity contribution < 1.29 is 36.2 Å². The van der Waals surface area contributed by atoms with Crippen molar-refractivity contribution in [2.75, 3.05) is 0 Å². The maximum atomic E-state index is 9.41. The van der Waals surface area contributed by atoms with Crippen LogP contribution in [-0.4, -0.2) is 66.1 Å². The fourth-order valence-electron chi connectivity index (χ4n) is 0.136. The maximum Gasteiger partial charge on any atom is 2.00 e. The number of rotatable bonds is 2. The van der Waals surface area contributed by atoms with Gasteiger partial charge in [-0.05, 0) is 12.2 Å². The number of aliphatic carboxylic acids is 2. The third-order valence-corrected chi connectivity index (χ3v) is 0.355. The van der Waals surface area contributed by atoms with Gasteiger partial charge in [-0.25, -0.2) is 0 Å². The number of carboxylic acid groups (broad SMARTS) is 2. The molecule has 0 aromatic rings. The van der Waals surface area contributed by atoms with E-state index in [4.69, 9.17) is 0 Å². The summed E-state index contributed by atoms with van der Waals surface area (Å²) in [6, 6.07) is 0. The van der Waals surface area contributed by atoms with E-state index in [0.717, 1.165) is 0 Å². The Balaban J connectivity index is -0.0000000408. The van der Waals surface area contributed by atoms with Crippen molar-refractivity contribution in [2.24, 2.45) is 0 Å². The average molecular weight is 208 g/mol. The Kier molecular flexibility index (Phi) is 42.3. The van der Waals surface area contributed by atoms with Crippen molar-refractivity contribution in [3.63, 3.8) is 0 Å². The van der Waals surface area contributed by atoms with Gasteiger partial charge in [0.15, 0.2) is 0 Å². The van der Waals surface area contributed by atoms with E-state index in [2.05, 4.69) is 0 Å². The first kappa shape index (κ1) is 29.8. The van der Waals surface area contributed by atoms with Gasteiger partial charge < -0.3 is 36.2 Å². The first-order valence-corrected chi connectivity index (χ1v) is 1.73. The number of carbonyl (C=O) groups excluding carboxylic acids is 2. The number of carboxylic acids is 2. The predicted octanol–water partition coefficient (Wildman–Crippen LogP) is -5.81. The van der Waals surface area contributed by atoms with Crippen LogP contribution in [0.2, 0.25) is 0 Å². The monoisotopic (exact) mass is 208 g/mol. The van der Waals surface area contributed by atoms with Gasteiger partial charge in [0.1, 0.15) is 0 Å². The van der Waals surface area contributed by atoms with E-state index >= 15 is 0 Å². The molecule has 0 spiro atoms. The summed E-state index contributed by atoms with van der Waals surface area (Å²) in [4.78, 5) is 18.8. The van der Waals surface area contributed by atoms with Crippen molar-refractivity contribution in [3.05, 3.63) is 12.2 Å². The minimum atomic E-state index is -1.55. The summed E-state index contributed by atoms with van der Waals surface area (Å²) in [6.07, 6.45) is 0.769. The van der Waals surface area contributed by atoms with E-state index in [-0.39, 0.29) is 54.2 Å². The van der Waals surface area contributed by atoms with Crippen LogP contribution >= 0.6 is 0 Å². The fraction of sp³-hybridized carbons (Fsp3) is 0. The van der Waals surface area contributed by atoms with E-state index in [1.807, 2.05) is 0 Å². The molecule has 0 bridgehead atoms. The van der Waals surface area contributed by atoms with Gasteiger partial charge in [0.25, 0.3) is 0 Å². The Morgan fingerprint density at radius 2 is 1.00 bits per heavy atom. The zero-order valence-corrected chi connectivity index (χ0v) is 8.20. The van der Waals surface area contributed by atoms with Crippen LogP contribution in [0.3, 0.4) is 0 Å². The summed E-state index contributed by atoms with van der Waals surface area (Å²) in [5, 5.41) is 18.8. The molecule has 0 saturated heterocycles. The summed E-state index contributed by atoms with van der Waals surface area (Å²) < 4.78 is 0. The molecule has 0 saturated carbocycles. The SMILES string of the molecule is O.O.O.O=C([O-])/C=C\C(=O)[O-].[Ca+2]. The molecule has 0 amide bonds. The topological polar surface area (TPSA) is 175 Å².